The van der Waals surface area contributed by atoms with Crippen molar-refractivity contribution in [1.29, 1.82) is 0 Å². The number of carbonyl (C=O) groups is 2. The smallest absolute Gasteiger partial charge is 0.315 e. The van der Waals surface area contributed by atoms with Gasteiger partial charge in [-0.05, 0) is 6.42 Å². The van der Waals surface area contributed by atoms with E-state index in [1.165, 1.54) is 0 Å². The van der Waals surface area contributed by atoms with Crippen LogP contribution in [0.5, 0.6) is 0 Å². The molecule has 0 spiro atoms. The van der Waals surface area contributed by atoms with Gasteiger partial charge in [0.2, 0.25) is 5.91 Å². The number of amides is 3. The summed E-state index contributed by atoms with van der Waals surface area (Å²) in [5, 5.41) is 5.47. The molecule has 1 fully saturated rings. The van der Waals surface area contributed by atoms with Crippen LogP contribution in [0.4, 0.5) is 4.79 Å². The number of hydrogen-bond donors (Lipinski definition) is 2. The third-order valence-corrected chi connectivity index (χ3v) is 2.21. The zero-order valence-electron chi connectivity index (χ0n) is 8.67. The van der Waals surface area contributed by atoms with Crippen molar-refractivity contribution in [2.24, 2.45) is 0 Å². The second kappa shape index (κ2) is 4.83. The number of carbonyl (C=O) groups excluding carboxylic acids is 2. The number of likely N-dealkylation sites (tertiary alicyclic amines) is 1. The van der Waals surface area contributed by atoms with E-state index in [4.69, 9.17) is 0 Å². The Balaban J connectivity index is 2.25. The Labute approximate surface area is 83.8 Å². The summed E-state index contributed by atoms with van der Waals surface area (Å²) in [7, 11) is 1.74. The van der Waals surface area contributed by atoms with E-state index in [0.717, 1.165) is 6.42 Å². The lowest BCUT2D eigenvalue weighted by Gasteiger charge is -2.12. The Morgan fingerprint density at radius 1 is 1.64 bits per heavy atom. The fraction of sp³-hybridized carbons (Fsp3) is 0.778. The molecule has 14 heavy (non-hydrogen) atoms. The molecule has 80 valence electrons. The summed E-state index contributed by atoms with van der Waals surface area (Å²) in [4.78, 5) is 24.0. The highest BCUT2D eigenvalue weighted by molar-refractivity contribution is 5.81. The molecule has 0 aromatic rings. The van der Waals surface area contributed by atoms with E-state index in [9.17, 15) is 9.59 Å². The average Bonchev–Trinajstić information content (AvgIpc) is 2.42. The minimum atomic E-state index is -0.181. The van der Waals surface area contributed by atoms with Crippen LogP contribution in [0.25, 0.3) is 0 Å². The van der Waals surface area contributed by atoms with Crippen LogP contribution >= 0.6 is 0 Å². The first-order valence-corrected chi connectivity index (χ1v) is 4.91. The maximum Gasteiger partial charge on any atom is 0.315 e. The van der Waals surface area contributed by atoms with E-state index in [1.54, 1.807) is 11.9 Å². The van der Waals surface area contributed by atoms with Crippen molar-refractivity contribution in [2.75, 3.05) is 20.1 Å². The predicted octanol–water partition coefficient (Wildman–Crippen LogP) is -0.0737. The van der Waals surface area contributed by atoms with Gasteiger partial charge in [0.05, 0.1) is 6.04 Å². The van der Waals surface area contributed by atoms with Crippen molar-refractivity contribution in [3.8, 4) is 0 Å². The van der Waals surface area contributed by atoms with Gasteiger partial charge in [-0.3, -0.25) is 4.79 Å². The molecule has 0 aliphatic carbocycles. The van der Waals surface area contributed by atoms with Crippen LogP contribution in [0.15, 0.2) is 0 Å². The standard InChI is InChI=1S/C9H17N3O2/c1-3-4-10-9(14)11-7-5-8(13)12(2)6-7/h7H,3-6H2,1-2H3,(H2,10,11,14). The maximum absolute atomic E-state index is 11.2. The van der Waals surface area contributed by atoms with E-state index < -0.39 is 0 Å². The molecule has 1 rings (SSSR count). The van der Waals surface area contributed by atoms with Crippen molar-refractivity contribution < 1.29 is 9.59 Å². The second-order valence-corrected chi connectivity index (χ2v) is 3.58. The molecule has 0 radical (unpaired) electrons. The first-order valence-electron chi connectivity index (χ1n) is 4.91. The van der Waals surface area contributed by atoms with Gasteiger partial charge in [-0.25, -0.2) is 4.79 Å². The SMILES string of the molecule is CCCNC(=O)NC1CC(=O)N(C)C1. The summed E-state index contributed by atoms with van der Waals surface area (Å²) in [5.74, 6) is 0.0887. The summed E-state index contributed by atoms with van der Waals surface area (Å²) >= 11 is 0. The molecule has 1 aliphatic heterocycles. The maximum atomic E-state index is 11.2. The lowest BCUT2D eigenvalue weighted by molar-refractivity contribution is -0.126. The Kier molecular flexibility index (Phi) is 3.73. The zero-order valence-corrected chi connectivity index (χ0v) is 8.67. The Morgan fingerprint density at radius 3 is 2.86 bits per heavy atom. The summed E-state index contributed by atoms with van der Waals surface area (Å²) in [6.07, 6.45) is 1.33. The molecular weight excluding hydrogens is 182 g/mol. The molecule has 1 heterocycles. The van der Waals surface area contributed by atoms with Gasteiger partial charge >= 0.3 is 6.03 Å². The van der Waals surface area contributed by atoms with Crippen LogP contribution in [-0.2, 0) is 4.79 Å². The third-order valence-electron chi connectivity index (χ3n) is 2.21. The number of likely N-dealkylation sites (N-methyl/N-ethyl adjacent to an activating group) is 1. The van der Waals surface area contributed by atoms with Crippen LogP contribution in [0.1, 0.15) is 19.8 Å². The summed E-state index contributed by atoms with van der Waals surface area (Å²) in [5.41, 5.74) is 0. The number of nitrogens with one attached hydrogen (secondary N) is 2. The van der Waals surface area contributed by atoms with Crippen molar-refractivity contribution >= 4 is 11.9 Å². The van der Waals surface area contributed by atoms with Gasteiger partial charge in [-0.2, -0.15) is 0 Å². The second-order valence-electron chi connectivity index (χ2n) is 3.58. The van der Waals surface area contributed by atoms with Crippen LogP contribution < -0.4 is 10.6 Å². The van der Waals surface area contributed by atoms with Gasteiger partial charge < -0.3 is 15.5 Å². The number of hydrogen-bond acceptors (Lipinski definition) is 2. The monoisotopic (exact) mass is 199 g/mol. The molecular formula is C9H17N3O2. The predicted molar refractivity (Wildman–Crippen MR) is 52.9 cm³/mol. The van der Waals surface area contributed by atoms with E-state index in [0.29, 0.717) is 19.5 Å². The number of nitrogens with zero attached hydrogens (tertiary/aromatic N) is 1. The van der Waals surface area contributed by atoms with E-state index in [1.807, 2.05) is 6.92 Å². The van der Waals surface area contributed by atoms with Crippen LogP contribution in [0.2, 0.25) is 0 Å². The molecule has 3 amide bonds. The fourth-order valence-electron chi connectivity index (χ4n) is 1.44. The average molecular weight is 199 g/mol. The lowest BCUT2D eigenvalue weighted by Crippen LogP contribution is -2.43. The van der Waals surface area contributed by atoms with Gasteiger partial charge in [0.15, 0.2) is 0 Å². The Hall–Kier alpha value is -1.26. The lowest BCUT2D eigenvalue weighted by atomic mass is 10.2. The van der Waals surface area contributed by atoms with Crippen LogP contribution in [0, 0.1) is 0 Å². The Morgan fingerprint density at radius 2 is 2.36 bits per heavy atom. The summed E-state index contributed by atoms with van der Waals surface area (Å²) in [6.45, 7) is 3.27. The summed E-state index contributed by atoms with van der Waals surface area (Å²) < 4.78 is 0. The number of urea groups is 1. The van der Waals surface area contributed by atoms with Crippen molar-refractivity contribution in [1.82, 2.24) is 15.5 Å². The van der Waals surface area contributed by atoms with Gasteiger partial charge in [-0.1, -0.05) is 6.92 Å². The highest BCUT2D eigenvalue weighted by Gasteiger charge is 2.27. The molecule has 0 aromatic heterocycles. The minimum absolute atomic E-state index is 0.0376. The van der Waals surface area contributed by atoms with E-state index in [2.05, 4.69) is 10.6 Å². The first-order chi connectivity index (χ1) is 6.63. The topological polar surface area (TPSA) is 61.4 Å². The molecule has 1 atom stereocenters. The molecule has 0 bridgehead atoms. The first kappa shape index (κ1) is 10.8. The molecule has 5 nitrogen and oxygen atoms in total. The highest BCUT2D eigenvalue weighted by atomic mass is 16.2. The van der Waals surface area contributed by atoms with E-state index >= 15 is 0 Å². The van der Waals surface area contributed by atoms with Gasteiger partial charge in [0.1, 0.15) is 0 Å². The highest BCUT2D eigenvalue weighted by Crippen LogP contribution is 2.07. The normalized spacial score (nSPS) is 21.1. The molecule has 0 saturated carbocycles. The minimum Gasteiger partial charge on any atom is -0.344 e. The molecule has 2 N–H and O–H groups in total. The van der Waals surface area contributed by atoms with Crippen molar-refractivity contribution in [2.45, 2.75) is 25.8 Å². The zero-order chi connectivity index (χ0) is 10.6. The number of rotatable bonds is 3. The third kappa shape index (κ3) is 2.90. The van der Waals surface area contributed by atoms with Crippen molar-refractivity contribution in [3.63, 3.8) is 0 Å². The van der Waals surface area contributed by atoms with Gasteiger partial charge in [0.25, 0.3) is 0 Å². The van der Waals surface area contributed by atoms with Gasteiger partial charge in [0, 0.05) is 26.6 Å². The molecule has 5 heteroatoms. The molecule has 1 aliphatic rings. The van der Waals surface area contributed by atoms with Crippen molar-refractivity contribution in [3.05, 3.63) is 0 Å². The molecule has 0 aromatic carbocycles. The Bertz CT molecular complexity index is 230. The molecule has 1 saturated heterocycles. The van der Waals surface area contributed by atoms with Gasteiger partial charge in [-0.15, -0.1) is 0 Å². The quantitative estimate of drug-likeness (QED) is 0.668. The summed E-state index contributed by atoms with van der Waals surface area (Å²) in [6, 6.07) is -0.218. The molecule has 1 unspecified atom stereocenters. The van der Waals surface area contributed by atoms with Crippen LogP contribution in [0.3, 0.4) is 0 Å². The van der Waals surface area contributed by atoms with Crippen LogP contribution in [-0.4, -0.2) is 43.0 Å². The fourth-order valence-corrected chi connectivity index (χ4v) is 1.44. The van der Waals surface area contributed by atoms with E-state index in [-0.39, 0.29) is 18.0 Å². The largest absolute Gasteiger partial charge is 0.344 e.